The fraction of sp³-hybridized carbons (Fsp3) is 0.250. The highest BCUT2D eigenvalue weighted by atomic mass is 32.2. The summed E-state index contributed by atoms with van der Waals surface area (Å²) in [6.07, 6.45) is 2.72. The Hall–Kier alpha value is -2.45. The van der Waals surface area contributed by atoms with Crippen LogP contribution in [0.3, 0.4) is 0 Å². The molecular weight excluding hydrogens is 330 g/mol. The van der Waals surface area contributed by atoms with Crippen LogP contribution in [-0.2, 0) is 23.1 Å². The van der Waals surface area contributed by atoms with E-state index in [0.29, 0.717) is 11.2 Å². The predicted octanol–water partition coefficient (Wildman–Crippen LogP) is 1.45. The van der Waals surface area contributed by atoms with Crippen LogP contribution < -0.4 is 5.76 Å². The molecule has 0 unspecified atom stereocenters. The summed E-state index contributed by atoms with van der Waals surface area (Å²) in [5.41, 5.74) is 1.68. The summed E-state index contributed by atoms with van der Waals surface area (Å²) < 4.78 is 31.9. The highest BCUT2D eigenvalue weighted by Gasteiger charge is 2.19. The zero-order valence-corrected chi connectivity index (χ0v) is 13.9. The lowest BCUT2D eigenvalue weighted by atomic mass is 10.2. The van der Waals surface area contributed by atoms with Crippen molar-refractivity contribution in [3.05, 3.63) is 64.8 Å². The van der Waals surface area contributed by atoms with Crippen molar-refractivity contribution >= 4 is 21.3 Å². The van der Waals surface area contributed by atoms with Gasteiger partial charge < -0.3 is 4.42 Å². The van der Waals surface area contributed by atoms with Gasteiger partial charge in [-0.3, -0.25) is 4.57 Å². The second-order valence-corrected chi connectivity index (χ2v) is 7.41. The van der Waals surface area contributed by atoms with E-state index in [1.807, 2.05) is 30.3 Å². The number of hydrogen-bond donors (Lipinski definition) is 0. The molecule has 8 heteroatoms. The van der Waals surface area contributed by atoms with Gasteiger partial charge in [0.1, 0.15) is 0 Å². The first kappa shape index (κ1) is 16.4. The maximum atomic E-state index is 12.0. The van der Waals surface area contributed by atoms with Crippen LogP contribution in [0.25, 0.3) is 11.2 Å². The molecule has 0 aliphatic carbocycles. The van der Waals surface area contributed by atoms with Gasteiger partial charge in [-0.1, -0.05) is 30.3 Å². The quantitative estimate of drug-likeness (QED) is 0.674. The number of aromatic nitrogens is 2. The van der Waals surface area contributed by atoms with E-state index in [9.17, 15) is 13.2 Å². The molecule has 0 aliphatic heterocycles. The Labute approximate surface area is 139 Å². The van der Waals surface area contributed by atoms with Crippen molar-refractivity contribution < 1.29 is 12.8 Å². The van der Waals surface area contributed by atoms with Crippen LogP contribution in [0.1, 0.15) is 5.56 Å². The summed E-state index contributed by atoms with van der Waals surface area (Å²) in [7, 11) is -3.42. The van der Waals surface area contributed by atoms with Crippen molar-refractivity contribution in [2.24, 2.45) is 0 Å². The van der Waals surface area contributed by atoms with Gasteiger partial charge in [-0.15, -0.1) is 0 Å². The van der Waals surface area contributed by atoms with E-state index in [2.05, 4.69) is 4.98 Å². The van der Waals surface area contributed by atoms with Crippen molar-refractivity contribution in [1.82, 2.24) is 13.9 Å². The monoisotopic (exact) mass is 347 g/mol. The minimum atomic E-state index is -3.42. The van der Waals surface area contributed by atoms with Gasteiger partial charge in [-0.25, -0.2) is 18.2 Å². The van der Waals surface area contributed by atoms with Crippen LogP contribution in [0.2, 0.25) is 0 Å². The molecule has 0 amide bonds. The van der Waals surface area contributed by atoms with Crippen LogP contribution in [0, 0.1) is 0 Å². The first-order valence-corrected chi connectivity index (χ1v) is 9.23. The molecule has 0 atom stereocenters. The molecule has 0 spiro atoms. The molecule has 0 saturated heterocycles. The molecular formula is C16H17N3O4S. The topological polar surface area (TPSA) is 85.4 Å². The van der Waals surface area contributed by atoms with Gasteiger partial charge >= 0.3 is 5.76 Å². The molecule has 7 nitrogen and oxygen atoms in total. The second-order valence-electron chi connectivity index (χ2n) is 5.43. The van der Waals surface area contributed by atoms with Gasteiger partial charge in [-0.05, 0) is 17.7 Å². The van der Waals surface area contributed by atoms with Crippen molar-refractivity contribution in [3.63, 3.8) is 0 Å². The summed E-state index contributed by atoms with van der Waals surface area (Å²) >= 11 is 0. The smallest absolute Gasteiger partial charge is 0.406 e. The van der Waals surface area contributed by atoms with Crippen LogP contribution in [-0.4, -0.2) is 35.1 Å². The first-order chi connectivity index (χ1) is 11.4. The van der Waals surface area contributed by atoms with Gasteiger partial charge in [0.25, 0.3) is 0 Å². The Kier molecular flexibility index (Phi) is 4.50. The lowest BCUT2D eigenvalue weighted by Crippen LogP contribution is -2.34. The number of hydrogen-bond acceptors (Lipinski definition) is 5. The van der Waals surface area contributed by atoms with Crippen LogP contribution in [0.15, 0.2) is 57.9 Å². The Morgan fingerprint density at radius 1 is 1.17 bits per heavy atom. The molecule has 3 rings (SSSR count). The molecule has 2 heterocycles. The lowest BCUT2D eigenvalue weighted by molar-refractivity contribution is 0.381. The number of rotatable bonds is 6. The van der Waals surface area contributed by atoms with Crippen molar-refractivity contribution in [2.45, 2.75) is 13.1 Å². The maximum Gasteiger partial charge on any atom is 0.421 e. The lowest BCUT2D eigenvalue weighted by Gasteiger charge is -2.20. The van der Waals surface area contributed by atoms with Gasteiger partial charge in [0.15, 0.2) is 11.2 Å². The van der Waals surface area contributed by atoms with Crippen molar-refractivity contribution in [1.29, 1.82) is 0 Å². The molecule has 0 radical (unpaired) electrons. The van der Waals surface area contributed by atoms with Gasteiger partial charge in [0.2, 0.25) is 10.0 Å². The van der Waals surface area contributed by atoms with E-state index in [0.717, 1.165) is 11.8 Å². The van der Waals surface area contributed by atoms with Gasteiger partial charge in [0, 0.05) is 25.8 Å². The van der Waals surface area contributed by atoms with Crippen LogP contribution in [0.4, 0.5) is 0 Å². The molecule has 0 bridgehead atoms. The Balaban J connectivity index is 1.83. The maximum absolute atomic E-state index is 12.0. The van der Waals surface area contributed by atoms with Gasteiger partial charge in [-0.2, -0.15) is 4.31 Å². The number of pyridine rings is 1. The minimum absolute atomic E-state index is 0.152. The van der Waals surface area contributed by atoms with E-state index in [4.69, 9.17) is 4.42 Å². The molecule has 3 aromatic rings. The number of nitrogens with zero attached hydrogens (tertiary/aromatic N) is 3. The van der Waals surface area contributed by atoms with E-state index in [1.54, 1.807) is 18.3 Å². The zero-order valence-electron chi connectivity index (χ0n) is 13.1. The van der Waals surface area contributed by atoms with Crippen molar-refractivity contribution in [3.8, 4) is 0 Å². The molecule has 126 valence electrons. The third-order valence-electron chi connectivity index (χ3n) is 3.67. The largest absolute Gasteiger partial charge is 0.421 e. The summed E-state index contributed by atoms with van der Waals surface area (Å²) in [5.74, 6) is -0.545. The SMILES string of the molecule is CS(=O)(=O)N(CCn1c(=O)oc2cccnc21)Cc1ccccc1. The summed E-state index contributed by atoms with van der Waals surface area (Å²) in [5, 5.41) is 0. The standard InChI is InChI=1S/C16H17N3O4S/c1-24(21,22)18(12-13-6-3-2-4-7-13)10-11-19-15-14(23-16(19)20)8-5-9-17-15/h2-9H,10-12H2,1H3. The molecule has 0 fully saturated rings. The summed E-state index contributed by atoms with van der Waals surface area (Å²) in [6.45, 7) is 0.569. The number of benzene rings is 1. The molecule has 1 aromatic carbocycles. The zero-order chi connectivity index (χ0) is 17.2. The number of fused-ring (bicyclic) bond motifs is 1. The molecule has 0 saturated carbocycles. The molecule has 24 heavy (non-hydrogen) atoms. The average Bonchev–Trinajstić information content (AvgIpc) is 2.87. The predicted molar refractivity (Wildman–Crippen MR) is 90.0 cm³/mol. The van der Waals surface area contributed by atoms with E-state index < -0.39 is 15.8 Å². The second kappa shape index (κ2) is 6.58. The normalized spacial score (nSPS) is 12.1. The number of sulfonamides is 1. The third kappa shape index (κ3) is 3.55. The minimum Gasteiger partial charge on any atom is -0.406 e. The Morgan fingerprint density at radius 3 is 2.62 bits per heavy atom. The molecule has 2 aromatic heterocycles. The van der Waals surface area contributed by atoms with Crippen LogP contribution >= 0.6 is 0 Å². The molecule has 0 N–H and O–H groups in total. The van der Waals surface area contributed by atoms with Crippen LogP contribution in [0.5, 0.6) is 0 Å². The first-order valence-electron chi connectivity index (χ1n) is 7.38. The van der Waals surface area contributed by atoms with E-state index in [1.165, 1.54) is 8.87 Å². The average molecular weight is 347 g/mol. The summed E-state index contributed by atoms with van der Waals surface area (Å²) in [4.78, 5) is 16.1. The molecule has 0 aliphatic rings. The van der Waals surface area contributed by atoms with E-state index >= 15 is 0 Å². The number of oxazole rings is 1. The van der Waals surface area contributed by atoms with Gasteiger partial charge in [0.05, 0.1) is 6.26 Å². The summed E-state index contributed by atoms with van der Waals surface area (Å²) in [6, 6.07) is 12.6. The fourth-order valence-corrected chi connectivity index (χ4v) is 3.26. The highest BCUT2D eigenvalue weighted by Crippen LogP contribution is 2.11. The Morgan fingerprint density at radius 2 is 1.92 bits per heavy atom. The van der Waals surface area contributed by atoms with E-state index in [-0.39, 0.29) is 19.6 Å². The fourth-order valence-electron chi connectivity index (χ4n) is 2.46. The van der Waals surface area contributed by atoms with Crippen molar-refractivity contribution in [2.75, 3.05) is 12.8 Å². The third-order valence-corrected chi connectivity index (χ3v) is 4.92. The Bertz CT molecular complexity index is 993. The highest BCUT2D eigenvalue weighted by molar-refractivity contribution is 7.88.